The highest BCUT2D eigenvalue weighted by atomic mass is 16.4. The SMILES string of the molecule is CC[C@H](O)/C=C/C=C\C/C=C\C/C=C\C=C\[C@@H](O)CCCC(=O)O. The van der Waals surface area contributed by atoms with Gasteiger partial charge in [0, 0.05) is 6.42 Å². The summed E-state index contributed by atoms with van der Waals surface area (Å²) in [7, 11) is 0. The molecule has 4 heteroatoms. The zero-order chi connectivity index (χ0) is 18.0. The zero-order valence-electron chi connectivity index (χ0n) is 14.4. The Bertz CT molecular complexity index is 458. The van der Waals surface area contributed by atoms with Crippen molar-refractivity contribution in [3.8, 4) is 0 Å². The number of rotatable bonds is 13. The van der Waals surface area contributed by atoms with Crippen LogP contribution in [0.3, 0.4) is 0 Å². The molecule has 3 N–H and O–H groups in total. The highest BCUT2D eigenvalue weighted by Gasteiger charge is 2.01. The van der Waals surface area contributed by atoms with Crippen LogP contribution in [-0.2, 0) is 4.79 Å². The summed E-state index contributed by atoms with van der Waals surface area (Å²) in [5.41, 5.74) is 0. The van der Waals surface area contributed by atoms with Crippen molar-refractivity contribution in [1.82, 2.24) is 0 Å². The molecule has 0 aromatic carbocycles. The number of aliphatic hydroxyl groups is 2. The molecule has 0 spiro atoms. The number of carboxylic acid groups (broad SMARTS) is 1. The van der Waals surface area contributed by atoms with Crippen LogP contribution in [0.5, 0.6) is 0 Å². The minimum Gasteiger partial charge on any atom is -0.481 e. The highest BCUT2D eigenvalue weighted by molar-refractivity contribution is 5.66. The Morgan fingerprint density at radius 3 is 1.92 bits per heavy atom. The molecule has 0 saturated heterocycles. The fourth-order valence-corrected chi connectivity index (χ4v) is 1.74. The number of carbonyl (C=O) groups is 1. The van der Waals surface area contributed by atoms with Crippen LogP contribution >= 0.6 is 0 Å². The second kappa shape index (κ2) is 16.0. The summed E-state index contributed by atoms with van der Waals surface area (Å²) >= 11 is 0. The van der Waals surface area contributed by atoms with Crippen LogP contribution in [0.25, 0.3) is 0 Å². The summed E-state index contributed by atoms with van der Waals surface area (Å²) in [4.78, 5) is 10.3. The molecule has 24 heavy (non-hydrogen) atoms. The first kappa shape index (κ1) is 22.1. The van der Waals surface area contributed by atoms with E-state index in [4.69, 9.17) is 5.11 Å². The third kappa shape index (κ3) is 16.5. The maximum absolute atomic E-state index is 10.3. The lowest BCUT2D eigenvalue weighted by molar-refractivity contribution is -0.137. The summed E-state index contributed by atoms with van der Waals surface area (Å²) in [5, 5.41) is 27.4. The van der Waals surface area contributed by atoms with Crippen molar-refractivity contribution in [1.29, 1.82) is 0 Å². The number of allylic oxidation sites excluding steroid dienone is 8. The van der Waals surface area contributed by atoms with E-state index in [2.05, 4.69) is 12.2 Å². The molecule has 2 atom stereocenters. The van der Waals surface area contributed by atoms with Crippen LogP contribution in [0.4, 0.5) is 0 Å². The number of hydrogen-bond acceptors (Lipinski definition) is 3. The number of carboxylic acids is 1. The van der Waals surface area contributed by atoms with Gasteiger partial charge >= 0.3 is 5.97 Å². The fourth-order valence-electron chi connectivity index (χ4n) is 1.74. The van der Waals surface area contributed by atoms with Gasteiger partial charge in [0.25, 0.3) is 0 Å². The Hall–Kier alpha value is -1.91. The second-order valence-corrected chi connectivity index (χ2v) is 5.40. The van der Waals surface area contributed by atoms with E-state index in [1.165, 1.54) is 0 Å². The molecule has 0 heterocycles. The predicted octanol–water partition coefficient (Wildman–Crippen LogP) is 3.93. The second-order valence-electron chi connectivity index (χ2n) is 5.40. The number of aliphatic carboxylic acids is 1. The summed E-state index contributed by atoms with van der Waals surface area (Å²) < 4.78 is 0. The third-order valence-corrected chi connectivity index (χ3v) is 3.18. The van der Waals surface area contributed by atoms with E-state index in [0.29, 0.717) is 12.8 Å². The Morgan fingerprint density at radius 2 is 1.42 bits per heavy atom. The molecule has 0 aromatic heterocycles. The molecule has 0 fully saturated rings. The topological polar surface area (TPSA) is 77.8 Å². The van der Waals surface area contributed by atoms with E-state index < -0.39 is 12.1 Å². The number of hydrogen-bond donors (Lipinski definition) is 3. The van der Waals surface area contributed by atoms with E-state index >= 15 is 0 Å². The molecular formula is C20H30O4. The molecule has 0 aliphatic rings. The largest absolute Gasteiger partial charge is 0.481 e. The maximum atomic E-state index is 10.3. The monoisotopic (exact) mass is 334 g/mol. The van der Waals surface area contributed by atoms with Crippen LogP contribution in [0, 0.1) is 0 Å². The van der Waals surface area contributed by atoms with Crippen LogP contribution < -0.4 is 0 Å². The van der Waals surface area contributed by atoms with Crippen molar-refractivity contribution >= 4 is 5.97 Å². The van der Waals surface area contributed by atoms with Crippen molar-refractivity contribution < 1.29 is 20.1 Å². The van der Waals surface area contributed by atoms with Crippen molar-refractivity contribution in [2.24, 2.45) is 0 Å². The van der Waals surface area contributed by atoms with Gasteiger partial charge in [-0.05, 0) is 32.1 Å². The van der Waals surface area contributed by atoms with E-state index in [0.717, 1.165) is 19.3 Å². The average Bonchev–Trinajstić information content (AvgIpc) is 2.55. The van der Waals surface area contributed by atoms with Gasteiger partial charge in [0.15, 0.2) is 0 Å². The summed E-state index contributed by atoms with van der Waals surface area (Å²) in [5.74, 6) is -0.831. The third-order valence-electron chi connectivity index (χ3n) is 3.18. The van der Waals surface area contributed by atoms with Gasteiger partial charge in [-0.1, -0.05) is 67.7 Å². The molecule has 4 nitrogen and oxygen atoms in total. The minimum absolute atomic E-state index is 0.0922. The molecule has 0 aromatic rings. The molecular weight excluding hydrogens is 304 g/mol. The molecule has 0 aliphatic heterocycles. The summed E-state index contributed by atoms with van der Waals surface area (Å²) in [6.45, 7) is 1.93. The van der Waals surface area contributed by atoms with Crippen molar-refractivity contribution in [2.45, 2.75) is 57.7 Å². The predicted molar refractivity (Wildman–Crippen MR) is 98.7 cm³/mol. The number of aliphatic hydroxyl groups excluding tert-OH is 2. The Balaban J connectivity index is 3.73. The smallest absolute Gasteiger partial charge is 0.303 e. The maximum Gasteiger partial charge on any atom is 0.303 e. The van der Waals surface area contributed by atoms with Gasteiger partial charge < -0.3 is 15.3 Å². The Kier molecular flexibility index (Phi) is 14.7. The van der Waals surface area contributed by atoms with Crippen LogP contribution in [0.2, 0.25) is 0 Å². The fraction of sp³-hybridized carbons (Fsp3) is 0.450. The van der Waals surface area contributed by atoms with Crippen molar-refractivity contribution in [3.05, 3.63) is 60.8 Å². The van der Waals surface area contributed by atoms with Gasteiger partial charge in [0.05, 0.1) is 12.2 Å². The molecule has 0 amide bonds. The standard InChI is InChI=1S/C20H30O4/c1-2-18(21)14-11-9-7-5-3-4-6-8-10-12-15-19(22)16-13-17-20(23)24/h3-4,7-12,14-15,18-19,21-22H,2,5-6,13,16-17H2,1H3,(H,23,24)/b4-3-,9-7-,10-8-,14-11+,15-12+/t18-,19+/m0/s1. The Morgan fingerprint density at radius 1 is 0.875 bits per heavy atom. The van der Waals surface area contributed by atoms with E-state index in [-0.39, 0.29) is 12.5 Å². The summed E-state index contributed by atoms with van der Waals surface area (Å²) in [6, 6.07) is 0. The lowest BCUT2D eigenvalue weighted by atomic mass is 10.1. The normalized spacial score (nSPS) is 15.5. The molecule has 0 rings (SSSR count). The minimum atomic E-state index is -0.831. The van der Waals surface area contributed by atoms with Crippen LogP contribution in [0.1, 0.15) is 45.4 Å². The molecule has 0 bridgehead atoms. The first-order valence-electron chi connectivity index (χ1n) is 8.45. The lowest BCUT2D eigenvalue weighted by Crippen LogP contribution is -2.03. The molecule has 134 valence electrons. The zero-order valence-corrected chi connectivity index (χ0v) is 14.4. The van der Waals surface area contributed by atoms with E-state index in [1.807, 2.05) is 37.3 Å². The molecule has 0 aliphatic carbocycles. The molecule has 0 radical (unpaired) electrons. The van der Waals surface area contributed by atoms with Gasteiger partial charge in [-0.15, -0.1) is 0 Å². The van der Waals surface area contributed by atoms with Gasteiger partial charge in [0.2, 0.25) is 0 Å². The van der Waals surface area contributed by atoms with Crippen LogP contribution in [-0.4, -0.2) is 33.5 Å². The summed E-state index contributed by atoms with van der Waals surface area (Å²) in [6.07, 6.45) is 21.5. The van der Waals surface area contributed by atoms with E-state index in [1.54, 1.807) is 18.2 Å². The highest BCUT2D eigenvalue weighted by Crippen LogP contribution is 2.02. The first-order valence-corrected chi connectivity index (χ1v) is 8.45. The van der Waals surface area contributed by atoms with Gasteiger partial charge in [-0.2, -0.15) is 0 Å². The van der Waals surface area contributed by atoms with Gasteiger partial charge in [-0.25, -0.2) is 0 Å². The first-order chi connectivity index (χ1) is 11.6. The Labute approximate surface area is 145 Å². The van der Waals surface area contributed by atoms with Gasteiger partial charge in [0.1, 0.15) is 0 Å². The van der Waals surface area contributed by atoms with Crippen LogP contribution in [0.15, 0.2) is 60.8 Å². The molecule has 0 saturated carbocycles. The lowest BCUT2D eigenvalue weighted by Gasteiger charge is -2.02. The van der Waals surface area contributed by atoms with Crippen molar-refractivity contribution in [3.63, 3.8) is 0 Å². The quantitative estimate of drug-likeness (QED) is 0.352. The molecule has 0 unspecified atom stereocenters. The van der Waals surface area contributed by atoms with Crippen molar-refractivity contribution in [2.75, 3.05) is 0 Å². The average molecular weight is 334 g/mol. The van der Waals surface area contributed by atoms with E-state index in [9.17, 15) is 15.0 Å². The van der Waals surface area contributed by atoms with Gasteiger partial charge in [-0.3, -0.25) is 4.79 Å².